The van der Waals surface area contributed by atoms with Gasteiger partial charge in [0.2, 0.25) is 0 Å². The van der Waals surface area contributed by atoms with Crippen LogP contribution in [0.15, 0.2) is 0 Å². The van der Waals surface area contributed by atoms with Gasteiger partial charge in [-0.25, -0.2) is 0 Å². The van der Waals surface area contributed by atoms with Crippen LogP contribution in [0.4, 0.5) is 0 Å². The quantitative estimate of drug-likeness (QED) is 0.660. The molecule has 2 fully saturated rings. The molecule has 0 aromatic heterocycles. The van der Waals surface area contributed by atoms with E-state index in [-0.39, 0.29) is 0 Å². The van der Waals surface area contributed by atoms with Crippen molar-refractivity contribution >= 4 is 0 Å². The first-order valence-electron chi connectivity index (χ1n) is 5.01. The molecule has 0 aromatic rings. The van der Waals surface area contributed by atoms with E-state index in [1.165, 1.54) is 32.1 Å². The van der Waals surface area contributed by atoms with Crippen molar-refractivity contribution in [2.24, 2.45) is 17.8 Å². The maximum atomic E-state index is 8.70. The second kappa shape index (κ2) is 3.14. The summed E-state index contributed by atoms with van der Waals surface area (Å²) < 4.78 is 0. The summed E-state index contributed by atoms with van der Waals surface area (Å²) in [5, 5.41) is 8.70. The van der Waals surface area contributed by atoms with E-state index in [0.29, 0.717) is 6.61 Å². The predicted octanol–water partition coefficient (Wildman–Crippen LogP) is 2.20. The Morgan fingerprint density at radius 3 is 2.64 bits per heavy atom. The van der Waals surface area contributed by atoms with Crippen LogP contribution < -0.4 is 0 Å². The molecule has 3 atom stereocenters. The summed E-state index contributed by atoms with van der Waals surface area (Å²) in [5.74, 6) is 3.11. The van der Waals surface area contributed by atoms with Gasteiger partial charge in [0, 0.05) is 6.61 Å². The molecule has 2 saturated carbocycles. The molecule has 0 unspecified atom stereocenters. The van der Waals surface area contributed by atoms with Crippen LogP contribution in [0.2, 0.25) is 0 Å². The summed E-state index contributed by atoms with van der Waals surface area (Å²) in [6.07, 6.45) is 8.30. The molecule has 64 valence electrons. The van der Waals surface area contributed by atoms with Gasteiger partial charge in [-0.1, -0.05) is 6.42 Å². The van der Waals surface area contributed by atoms with Crippen molar-refractivity contribution in [1.82, 2.24) is 0 Å². The minimum absolute atomic E-state index is 0.397. The lowest BCUT2D eigenvalue weighted by Gasteiger charge is -2.20. The van der Waals surface area contributed by atoms with Crippen LogP contribution in [-0.2, 0) is 0 Å². The van der Waals surface area contributed by atoms with Crippen molar-refractivity contribution in [2.45, 2.75) is 38.5 Å². The van der Waals surface area contributed by atoms with Gasteiger partial charge in [-0.15, -0.1) is 0 Å². The highest BCUT2D eigenvalue weighted by Gasteiger charge is 2.38. The van der Waals surface area contributed by atoms with Crippen LogP contribution in [0.25, 0.3) is 0 Å². The van der Waals surface area contributed by atoms with Gasteiger partial charge in [0.05, 0.1) is 0 Å². The molecule has 0 saturated heterocycles. The summed E-state index contributed by atoms with van der Waals surface area (Å²) in [6, 6.07) is 0. The number of hydrogen-bond acceptors (Lipinski definition) is 1. The van der Waals surface area contributed by atoms with Gasteiger partial charge in [0.25, 0.3) is 0 Å². The summed E-state index contributed by atoms with van der Waals surface area (Å²) in [7, 11) is 0. The van der Waals surface area contributed by atoms with Gasteiger partial charge in [-0.3, -0.25) is 0 Å². The predicted molar refractivity (Wildman–Crippen MR) is 45.3 cm³/mol. The second-order valence-electron chi connectivity index (χ2n) is 4.30. The molecule has 2 aliphatic rings. The number of fused-ring (bicyclic) bond motifs is 2. The Balaban J connectivity index is 1.78. The van der Waals surface area contributed by atoms with Crippen molar-refractivity contribution in [2.75, 3.05) is 6.61 Å². The summed E-state index contributed by atoms with van der Waals surface area (Å²) in [6.45, 7) is 0.397. The molecular weight excluding hydrogens is 136 g/mol. The van der Waals surface area contributed by atoms with Crippen LogP contribution >= 0.6 is 0 Å². The number of rotatable bonds is 3. The lowest BCUT2D eigenvalue weighted by Crippen LogP contribution is -2.10. The van der Waals surface area contributed by atoms with Gasteiger partial charge < -0.3 is 5.11 Å². The van der Waals surface area contributed by atoms with Gasteiger partial charge in [0.15, 0.2) is 0 Å². The van der Waals surface area contributed by atoms with E-state index in [9.17, 15) is 0 Å². The zero-order chi connectivity index (χ0) is 7.68. The largest absolute Gasteiger partial charge is 0.396 e. The zero-order valence-corrected chi connectivity index (χ0v) is 7.13. The first-order valence-corrected chi connectivity index (χ1v) is 5.01. The molecule has 1 N–H and O–H groups in total. The minimum Gasteiger partial charge on any atom is -0.396 e. The van der Waals surface area contributed by atoms with E-state index in [1.807, 2.05) is 0 Å². The molecule has 11 heavy (non-hydrogen) atoms. The van der Waals surface area contributed by atoms with Gasteiger partial charge in [0.1, 0.15) is 0 Å². The van der Waals surface area contributed by atoms with E-state index in [0.717, 1.165) is 24.2 Å². The molecule has 0 radical (unpaired) electrons. The van der Waals surface area contributed by atoms with E-state index >= 15 is 0 Å². The molecule has 2 bridgehead atoms. The Hall–Kier alpha value is -0.0400. The third kappa shape index (κ3) is 1.44. The average molecular weight is 154 g/mol. The van der Waals surface area contributed by atoms with Crippen molar-refractivity contribution in [1.29, 1.82) is 0 Å². The summed E-state index contributed by atoms with van der Waals surface area (Å²) in [4.78, 5) is 0. The Kier molecular flexibility index (Phi) is 2.17. The average Bonchev–Trinajstić information content (AvgIpc) is 2.60. The van der Waals surface area contributed by atoms with Crippen LogP contribution in [0.5, 0.6) is 0 Å². The van der Waals surface area contributed by atoms with E-state index in [2.05, 4.69) is 0 Å². The molecule has 0 aromatic carbocycles. The van der Waals surface area contributed by atoms with Crippen molar-refractivity contribution in [3.63, 3.8) is 0 Å². The molecule has 0 spiro atoms. The van der Waals surface area contributed by atoms with Gasteiger partial charge in [-0.05, 0) is 49.9 Å². The first kappa shape index (κ1) is 7.60. The molecule has 0 amide bonds. The fourth-order valence-corrected chi connectivity index (χ4v) is 3.08. The lowest BCUT2D eigenvalue weighted by atomic mass is 9.86. The SMILES string of the molecule is OCCC[C@H]1C[C@H]2CC[C@@H]1C2. The Bertz CT molecular complexity index is 133. The zero-order valence-electron chi connectivity index (χ0n) is 7.13. The maximum Gasteiger partial charge on any atom is 0.0431 e. The third-order valence-electron chi connectivity index (χ3n) is 3.62. The molecule has 0 aliphatic heterocycles. The van der Waals surface area contributed by atoms with Crippen molar-refractivity contribution < 1.29 is 5.11 Å². The van der Waals surface area contributed by atoms with Crippen molar-refractivity contribution in [3.05, 3.63) is 0 Å². The van der Waals surface area contributed by atoms with E-state index in [4.69, 9.17) is 5.11 Å². The molecule has 1 heteroatoms. The lowest BCUT2D eigenvalue weighted by molar-refractivity contribution is 0.245. The Morgan fingerprint density at radius 1 is 1.18 bits per heavy atom. The fraction of sp³-hybridized carbons (Fsp3) is 1.00. The molecular formula is C10H18O. The Labute approximate surface area is 68.8 Å². The molecule has 2 aliphatic carbocycles. The highest BCUT2D eigenvalue weighted by atomic mass is 16.2. The summed E-state index contributed by atoms with van der Waals surface area (Å²) >= 11 is 0. The topological polar surface area (TPSA) is 20.2 Å². The highest BCUT2D eigenvalue weighted by Crippen LogP contribution is 2.49. The Morgan fingerprint density at radius 2 is 2.09 bits per heavy atom. The second-order valence-corrected chi connectivity index (χ2v) is 4.30. The maximum absolute atomic E-state index is 8.70. The number of hydrogen-bond donors (Lipinski definition) is 1. The molecule has 0 heterocycles. The van der Waals surface area contributed by atoms with Crippen LogP contribution in [0, 0.1) is 17.8 Å². The van der Waals surface area contributed by atoms with Gasteiger partial charge >= 0.3 is 0 Å². The molecule has 2 rings (SSSR count). The highest BCUT2D eigenvalue weighted by molar-refractivity contribution is 4.89. The number of aliphatic hydroxyl groups excluding tert-OH is 1. The monoisotopic (exact) mass is 154 g/mol. The van der Waals surface area contributed by atoms with E-state index in [1.54, 1.807) is 0 Å². The fourth-order valence-electron chi connectivity index (χ4n) is 3.08. The normalized spacial score (nSPS) is 41.7. The first-order chi connectivity index (χ1) is 5.40. The smallest absolute Gasteiger partial charge is 0.0431 e. The molecule has 1 nitrogen and oxygen atoms in total. The standard InChI is InChI=1S/C10H18O/c11-5-1-2-9-6-8-3-4-10(9)7-8/h8-11H,1-7H2/t8-,9+,10-/m1/s1. The third-order valence-corrected chi connectivity index (χ3v) is 3.62. The van der Waals surface area contributed by atoms with Crippen LogP contribution in [0.1, 0.15) is 38.5 Å². The van der Waals surface area contributed by atoms with Gasteiger partial charge in [-0.2, -0.15) is 0 Å². The van der Waals surface area contributed by atoms with E-state index < -0.39 is 0 Å². The minimum atomic E-state index is 0.397. The van der Waals surface area contributed by atoms with Crippen LogP contribution in [-0.4, -0.2) is 11.7 Å². The van der Waals surface area contributed by atoms with Crippen LogP contribution in [0.3, 0.4) is 0 Å². The van der Waals surface area contributed by atoms with Crippen molar-refractivity contribution in [3.8, 4) is 0 Å². The summed E-state index contributed by atoms with van der Waals surface area (Å²) in [5.41, 5.74) is 0. The number of aliphatic hydroxyl groups is 1.